The number of benzene rings is 1. The molecule has 2 heterocycles. The van der Waals surface area contributed by atoms with Crippen molar-refractivity contribution in [1.29, 1.82) is 0 Å². The van der Waals surface area contributed by atoms with E-state index in [2.05, 4.69) is 10.1 Å². The minimum atomic E-state index is -0.155. The maximum Gasteiger partial charge on any atom is 0.275 e. The van der Waals surface area contributed by atoms with Crippen LogP contribution < -0.4 is 10.3 Å². The Morgan fingerprint density at radius 2 is 1.91 bits per heavy atom. The molecular weight excluding hydrogens is 292 g/mol. The molecule has 6 nitrogen and oxygen atoms in total. The lowest BCUT2D eigenvalue weighted by molar-refractivity contribution is 0.298. The Hall–Kier alpha value is -2.63. The van der Waals surface area contributed by atoms with Crippen molar-refractivity contribution < 1.29 is 4.74 Å². The zero-order valence-corrected chi connectivity index (χ0v) is 13.6. The molecule has 0 saturated heterocycles. The summed E-state index contributed by atoms with van der Waals surface area (Å²) in [6.07, 6.45) is 2.22. The molecule has 0 spiro atoms. The smallest absolute Gasteiger partial charge is 0.275 e. The Bertz CT molecular complexity index is 875. The standard InChI is InChI=1S/C17H20N4O2/c1-12-6-4-7-13(2)16(12)23-9-5-8-20-14(3)10-15(22)21-17(20)18-11-19-21/h4,6-7,10-11H,5,8-9H2,1-3H3. The third-order valence-corrected chi connectivity index (χ3v) is 3.92. The van der Waals surface area contributed by atoms with Crippen LogP contribution in [0.15, 0.2) is 35.4 Å². The molecular formula is C17H20N4O2. The lowest BCUT2D eigenvalue weighted by Gasteiger charge is -2.14. The van der Waals surface area contributed by atoms with Gasteiger partial charge in [0.25, 0.3) is 5.56 Å². The Labute approximate surface area is 134 Å². The summed E-state index contributed by atoms with van der Waals surface area (Å²) in [5.74, 6) is 1.53. The van der Waals surface area contributed by atoms with Crippen LogP contribution in [0.5, 0.6) is 5.75 Å². The number of aryl methyl sites for hydroxylation is 4. The first-order valence-corrected chi connectivity index (χ1v) is 7.67. The van der Waals surface area contributed by atoms with E-state index in [1.807, 2.05) is 43.5 Å². The maximum atomic E-state index is 11.8. The molecule has 0 aliphatic rings. The van der Waals surface area contributed by atoms with Gasteiger partial charge in [0.15, 0.2) is 0 Å². The number of para-hydroxylation sites is 1. The van der Waals surface area contributed by atoms with E-state index < -0.39 is 0 Å². The normalized spacial score (nSPS) is 11.1. The highest BCUT2D eigenvalue weighted by atomic mass is 16.5. The van der Waals surface area contributed by atoms with Crippen molar-refractivity contribution in [3.05, 3.63) is 57.8 Å². The van der Waals surface area contributed by atoms with Crippen molar-refractivity contribution in [2.24, 2.45) is 0 Å². The molecule has 3 aromatic rings. The van der Waals surface area contributed by atoms with Gasteiger partial charge in [-0.25, -0.2) is 0 Å². The molecule has 0 unspecified atom stereocenters. The largest absolute Gasteiger partial charge is 0.493 e. The molecule has 6 heteroatoms. The average molecular weight is 312 g/mol. The average Bonchev–Trinajstić information content (AvgIpc) is 2.98. The van der Waals surface area contributed by atoms with Crippen molar-refractivity contribution >= 4 is 5.78 Å². The molecule has 1 aromatic carbocycles. The maximum absolute atomic E-state index is 11.8. The third kappa shape index (κ3) is 2.97. The predicted molar refractivity (Wildman–Crippen MR) is 88.0 cm³/mol. The molecule has 0 N–H and O–H groups in total. The quantitative estimate of drug-likeness (QED) is 0.678. The van der Waals surface area contributed by atoms with Crippen LogP contribution in [0.2, 0.25) is 0 Å². The molecule has 23 heavy (non-hydrogen) atoms. The number of nitrogens with zero attached hydrogens (tertiary/aromatic N) is 4. The van der Waals surface area contributed by atoms with Crippen LogP contribution in [0, 0.1) is 20.8 Å². The minimum Gasteiger partial charge on any atom is -0.493 e. The lowest BCUT2D eigenvalue weighted by Crippen LogP contribution is -2.20. The summed E-state index contributed by atoms with van der Waals surface area (Å²) in [6.45, 7) is 7.33. The zero-order valence-electron chi connectivity index (χ0n) is 13.6. The van der Waals surface area contributed by atoms with Gasteiger partial charge >= 0.3 is 0 Å². The van der Waals surface area contributed by atoms with Gasteiger partial charge in [0.05, 0.1) is 6.61 Å². The van der Waals surface area contributed by atoms with Gasteiger partial charge < -0.3 is 9.30 Å². The van der Waals surface area contributed by atoms with E-state index in [1.54, 1.807) is 6.07 Å². The van der Waals surface area contributed by atoms with Crippen LogP contribution in [0.1, 0.15) is 23.2 Å². The molecule has 3 rings (SSSR count). The van der Waals surface area contributed by atoms with Gasteiger partial charge in [-0.3, -0.25) is 4.79 Å². The number of hydrogen-bond acceptors (Lipinski definition) is 4. The summed E-state index contributed by atoms with van der Waals surface area (Å²) in [5.41, 5.74) is 3.01. The summed E-state index contributed by atoms with van der Waals surface area (Å²) < 4.78 is 9.24. The Morgan fingerprint density at radius 1 is 1.17 bits per heavy atom. The minimum absolute atomic E-state index is 0.155. The first kappa shape index (κ1) is 15.3. The molecule has 0 saturated carbocycles. The summed E-state index contributed by atoms with van der Waals surface area (Å²) in [5, 5.41) is 3.96. The molecule has 0 bridgehead atoms. The van der Waals surface area contributed by atoms with Gasteiger partial charge in [-0.05, 0) is 38.3 Å². The van der Waals surface area contributed by atoms with Crippen molar-refractivity contribution in [2.45, 2.75) is 33.7 Å². The summed E-state index contributed by atoms with van der Waals surface area (Å²) in [7, 11) is 0. The topological polar surface area (TPSA) is 61.4 Å². The molecule has 0 amide bonds. The van der Waals surface area contributed by atoms with E-state index in [1.165, 1.54) is 10.8 Å². The van der Waals surface area contributed by atoms with Gasteiger partial charge in [-0.15, -0.1) is 0 Å². The molecule has 0 fully saturated rings. The summed E-state index contributed by atoms with van der Waals surface area (Å²) >= 11 is 0. The monoisotopic (exact) mass is 312 g/mol. The fourth-order valence-corrected chi connectivity index (χ4v) is 2.75. The molecule has 0 radical (unpaired) electrons. The summed E-state index contributed by atoms with van der Waals surface area (Å²) in [6, 6.07) is 7.71. The Balaban J connectivity index is 1.70. The number of rotatable bonds is 5. The molecule has 0 aliphatic carbocycles. The molecule has 0 atom stereocenters. The highest BCUT2D eigenvalue weighted by Crippen LogP contribution is 2.22. The van der Waals surface area contributed by atoms with Crippen LogP contribution in [0.25, 0.3) is 5.78 Å². The second-order valence-electron chi connectivity index (χ2n) is 5.67. The second kappa shape index (κ2) is 6.24. The molecule has 120 valence electrons. The van der Waals surface area contributed by atoms with Gasteiger partial charge in [0, 0.05) is 18.3 Å². The van der Waals surface area contributed by atoms with Gasteiger partial charge in [0.1, 0.15) is 12.1 Å². The van der Waals surface area contributed by atoms with Crippen molar-refractivity contribution in [2.75, 3.05) is 6.61 Å². The predicted octanol–water partition coefficient (Wildman–Crippen LogP) is 2.29. The first-order chi connectivity index (χ1) is 11.1. The van der Waals surface area contributed by atoms with E-state index in [4.69, 9.17) is 4.74 Å². The van der Waals surface area contributed by atoms with Crippen molar-refractivity contribution in [1.82, 2.24) is 19.2 Å². The van der Waals surface area contributed by atoms with E-state index in [9.17, 15) is 4.79 Å². The first-order valence-electron chi connectivity index (χ1n) is 7.67. The van der Waals surface area contributed by atoms with Crippen LogP contribution in [0.4, 0.5) is 0 Å². The van der Waals surface area contributed by atoms with E-state index in [-0.39, 0.29) is 5.56 Å². The Morgan fingerprint density at radius 3 is 2.65 bits per heavy atom. The number of ether oxygens (including phenoxy) is 1. The van der Waals surface area contributed by atoms with Crippen LogP contribution >= 0.6 is 0 Å². The SMILES string of the molecule is Cc1cccc(C)c1OCCCn1c(C)cc(=O)n2ncnc12. The molecule has 2 aromatic heterocycles. The lowest BCUT2D eigenvalue weighted by atomic mass is 10.1. The van der Waals surface area contributed by atoms with Gasteiger partial charge in [-0.2, -0.15) is 14.6 Å². The summed E-state index contributed by atoms with van der Waals surface area (Å²) in [4.78, 5) is 16.0. The van der Waals surface area contributed by atoms with Crippen molar-refractivity contribution in [3.63, 3.8) is 0 Å². The number of hydrogen-bond donors (Lipinski definition) is 0. The fourth-order valence-electron chi connectivity index (χ4n) is 2.75. The van der Waals surface area contributed by atoms with Crippen molar-refractivity contribution in [3.8, 4) is 5.75 Å². The van der Waals surface area contributed by atoms with Gasteiger partial charge in [0.2, 0.25) is 5.78 Å². The van der Waals surface area contributed by atoms with Gasteiger partial charge in [-0.1, -0.05) is 18.2 Å². The van der Waals surface area contributed by atoms with Crippen LogP contribution in [-0.2, 0) is 6.54 Å². The highest BCUT2D eigenvalue weighted by Gasteiger charge is 2.08. The fraction of sp³-hybridized carbons (Fsp3) is 0.353. The van der Waals surface area contributed by atoms with Crippen LogP contribution in [-0.4, -0.2) is 25.8 Å². The zero-order chi connectivity index (χ0) is 16.4. The Kier molecular flexibility index (Phi) is 4.14. The van der Waals surface area contributed by atoms with E-state index in [0.29, 0.717) is 12.4 Å². The van der Waals surface area contributed by atoms with Crippen LogP contribution in [0.3, 0.4) is 0 Å². The number of aromatic nitrogens is 4. The van der Waals surface area contributed by atoms with E-state index >= 15 is 0 Å². The molecule has 0 aliphatic heterocycles. The highest BCUT2D eigenvalue weighted by molar-refractivity contribution is 5.39. The van der Waals surface area contributed by atoms with E-state index in [0.717, 1.165) is 35.5 Å². The second-order valence-corrected chi connectivity index (χ2v) is 5.67. The third-order valence-electron chi connectivity index (χ3n) is 3.92. The number of fused-ring (bicyclic) bond motifs is 1.